The minimum absolute atomic E-state index is 0.00604. The van der Waals surface area contributed by atoms with Gasteiger partial charge in [0.25, 0.3) is 11.5 Å². The summed E-state index contributed by atoms with van der Waals surface area (Å²) in [5, 5.41) is 7.43. The summed E-state index contributed by atoms with van der Waals surface area (Å²) >= 11 is 0. The third kappa shape index (κ3) is 4.03. The molecule has 0 fully saturated rings. The van der Waals surface area contributed by atoms with Crippen LogP contribution < -0.4 is 10.9 Å². The van der Waals surface area contributed by atoms with Crippen LogP contribution in [-0.2, 0) is 23.0 Å². The predicted octanol–water partition coefficient (Wildman–Crippen LogP) is 2.29. The maximum absolute atomic E-state index is 12.4. The van der Waals surface area contributed by atoms with E-state index in [4.69, 9.17) is 4.74 Å². The van der Waals surface area contributed by atoms with Crippen LogP contribution >= 0.6 is 0 Å². The van der Waals surface area contributed by atoms with E-state index in [2.05, 4.69) is 10.4 Å². The topological polar surface area (TPSA) is 90.3 Å². The van der Waals surface area contributed by atoms with Crippen molar-refractivity contribution >= 4 is 28.3 Å². The number of nitrogens with one attached hydrogen (secondary N) is 1. The van der Waals surface area contributed by atoms with E-state index in [0.717, 1.165) is 16.7 Å². The standard InChI is InChI=1S/C20H19N3O4/c1-3-13-7-6-8-14(11-13)21-17(24)12-27-20(26)18-15-9-4-5-10-16(15)19(25)23(2)22-18/h4-11H,3,12H2,1-2H3,(H,21,24). The molecule has 2 aromatic carbocycles. The van der Waals surface area contributed by atoms with E-state index in [1.54, 1.807) is 30.3 Å². The molecule has 1 N–H and O–H groups in total. The van der Waals surface area contributed by atoms with E-state index in [1.807, 2.05) is 25.1 Å². The highest BCUT2D eigenvalue weighted by molar-refractivity contribution is 6.03. The normalized spacial score (nSPS) is 10.6. The molecular formula is C20H19N3O4. The summed E-state index contributed by atoms with van der Waals surface area (Å²) in [5.41, 5.74) is 1.41. The molecule has 7 nitrogen and oxygen atoms in total. The first-order chi connectivity index (χ1) is 13.0. The van der Waals surface area contributed by atoms with E-state index >= 15 is 0 Å². The maximum Gasteiger partial charge on any atom is 0.359 e. The summed E-state index contributed by atoms with van der Waals surface area (Å²) in [6, 6.07) is 14.1. The zero-order valence-corrected chi connectivity index (χ0v) is 15.1. The zero-order valence-electron chi connectivity index (χ0n) is 15.1. The number of ether oxygens (including phenoxy) is 1. The average molecular weight is 365 g/mol. The van der Waals surface area contributed by atoms with Crippen molar-refractivity contribution in [2.45, 2.75) is 13.3 Å². The van der Waals surface area contributed by atoms with Crippen molar-refractivity contribution in [1.82, 2.24) is 9.78 Å². The van der Waals surface area contributed by atoms with Crippen LogP contribution in [0.25, 0.3) is 10.8 Å². The fourth-order valence-electron chi connectivity index (χ4n) is 2.72. The second kappa shape index (κ2) is 7.82. The molecule has 3 aromatic rings. The highest BCUT2D eigenvalue weighted by atomic mass is 16.5. The van der Waals surface area contributed by atoms with Crippen molar-refractivity contribution in [3.8, 4) is 0 Å². The molecule has 0 bridgehead atoms. The molecule has 7 heteroatoms. The number of carbonyl (C=O) groups excluding carboxylic acids is 2. The van der Waals surface area contributed by atoms with Crippen molar-refractivity contribution in [2.75, 3.05) is 11.9 Å². The molecule has 27 heavy (non-hydrogen) atoms. The van der Waals surface area contributed by atoms with Gasteiger partial charge < -0.3 is 10.1 Å². The van der Waals surface area contributed by atoms with E-state index in [-0.39, 0.29) is 11.3 Å². The molecule has 0 saturated heterocycles. The van der Waals surface area contributed by atoms with E-state index in [9.17, 15) is 14.4 Å². The van der Waals surface area contributed by atoms with Crippen LogP contribution in [0.3, 0.4) is 0 Å². The minimum atomic E-state index is -0.765. The molecule has 0 spiro atoms. The minimum Gasteiger partial charge on any atom is -0.451 e. The molecule has 0 aliphatic heterocycles. The monoisotopic (exact) mass is 365 g/mol. The highest BCUT2D eigenvalue weighted by Crippen LogP contribution is 2.14. The Morgan fingerprint density at radius 3 is 2.59 bits per heavy atom. The number of nitrogens with zero attached hydrogens (tertiary/aromatic N) is 2. The summed E-state index contributed by atoms with van der Waals surface area (Å²) in [6.45, 7) is 1.57. The molecule has 0 unspecified atom stereocenters. The number of benzene rings is 2. The first kappa shape index (κ1) is 18.3. The van der Waals surface area contributed by atoms with E-state index in [0.29, 0.717) is 16.5 Å². The largest absolute Gasteiger partial charge is 0.451 e. The molecule has 0 aliphatic carbocycles. The molecule has 1 aromatic heterocycles. The third-order valence-electron chi connectivity index (χ3n) is 4.10. The SMILES string of the molecule is CCc1cccc(NC(=O)COC(=O)c2nn(C)c(=O)c3ccccc23)c1. The number of amides is 1. The van der Waals surface area contributed by atoms with Crippen LogP contribution in [-0.4, -0.2) is 28.3 Å². The summed E-state index contributed by atoms with van der Waals surface area (Å²) < 4.78 is 6.17. The highest BCUT2D eigenvalue weighted by Gasteiger charge is 2.18. The number of carbonyl (C=O) groups is 2. The number of hydrogen-bond acceptors (Lipinski definition) is 5. The van der Waals surface area contributed by atoms with Gasteiger partial charge in [-0.25, -0.2) is 9.48 Å². The van der Waals surface area contributed by atoms with Crippen molar-refractivity contribution in [3.63, 3.8) is 0 Å². The molecule has 0 aliphatic rings. The van der Waals surface area contributed by atoms with Gasteiger partial charge in [-0.1, -0.05) is 37.3 Å². The number of fused-ring (bicyclic) bond motifs is 1. The predicted molar refractivity (Wildman–Crippen MR) is 102 cm³/mol. The summed E-state index contributed by atoms with van der Waals surface area (Å²) in [7, 11) is 1.46. The van der Waals surface area contributed by atoms with Gasteiger partial charge in [0, 0.05) is 18.1 Å². The van der Waals surface area contributed by atoms with Crippen molar-refractivity contribution in [3.05, 3.63) is 70.1 Å². The lowest BCUT2D eigenvalue weighted by Crippen LogP contribution is -2.26. The third-order valence-corrected chi connectivity index (χ3v) is 4.10. The van der Waals surface area contributed by atoms with Gasteiger partial charge in [-0.3, -0.25) is 9.59 Å². The molecule has 3 rings (SSSR count). The molecular weight excluding hydrogens is 346 g/mol. The Morgan fingerprint density at radius 1 is 1.11 bits per heavy atom. The van der Waals surface area contributed by atoms with E-state index in [1.165, 1.54) is 7.05 Å². The maximum atomic E-state index is 12.4. The molecule has 0 atom stereocenters. The fraction of sp³-hybridized carbons (Fsp3) is 0.200. The van der Waals surface area contributed by atoms with Crippen molar-refractivity contribution in [1.29, 1.82) is 0 Å². The van der Waals surface area contributed by atoms with Crippen LogP contribution in [0.1, 0.15) is 23.0 Å². The smallest absolute Gasteiger partial charge is 0.359 e. The number of aryl methyl sites for hydroxylation is 2. The lowest BCUT2D eigenvalue weighted by Gasteiger charge is -2.09. The van der Waals surface area contributed by atoms with Gasteiger partial charge in [0.2, 0.25) is 0 Å². The Bertz CT molecular complexity index is 1070. The summed E-state index contributed by atoms with van der Waals surface area (Å²) in [5.74, 6) is -1.22. The average Bonchev–Trinajstić information content (AvgIpc) is 2.69. The number of anilines is 1. The Labute approximate surface area is 155 Å². The first-order valence-electron chi connectivity index (χ1n) is 8.51. The number of aromatic nitrogens is 2. The van der Waals surface area contributed by atoms with Crippen LogP contribution in [0, 0.1) is 0 Å². The van der Waals surface area contributed by atoms with Gasteiger partial charge >= 0.3 is 5.97 Å². The van der Waals surface area contributed by atoms with E-state index < -0.39 is 18.5 Å². The van der Waals surface area contributed by atoms with Gasteiger partial charge in [0.15, 0.2) is 12.3 Å². The molecule has 1 heterocycles. The lowest BCUT2D eigenvalue weighted by molar-refractivity contribution is -0.119. The molecule has 1 amide bonds. The van der Waals surface area contributed by atoms with Crippen LogP contribution in [0.2, 0.25) is 0 Å². The second-order valence-electron chi connectivity index (χ2n) is 6.00. The van der Waals surface area contributed by atoms with Crippen LogP contribution in [0.4, 0.5) is 5.69 Å². The zero-order chi connectivity index (χ0) is 19.4. The second-order valence-corrected chi connectivity index (χ2v) is 6.00. The Balaban J connectivity index is 1.73. The Hall–Kier alpha value is -3.48. The van der Waals surface area contributed by atoms with Crippen molar-refractivity contribution < 1.29 is 14.3 Å². The number of rotatable bonds is 5. The van der Waals surface area contributed by atoms with Crippen LogP contribution in [0.15, 0.2) is 53.3 Å². The van der Waals surface area contributed by atoms with Gasteiger partial charge in [0.05, 0.1) is 5.39 Å². The first-order valence-corrected chi connectivity index (χ1v) is 8.51. The van der Waals surface area contributed by atoms with Crippen LogP contribution in [0.5, 0.6) is 0 Å². The summed E-state index contributed by atoms with van der Waals surface area (Å²) in [4.78, 5) is 36.6. The molecule has 0 radical (unpaired) electrons. The molecule has 138 valence electrons. The number of hydrogen-bond donors (Lipinski definition) is 1. The quantitative estimate of drug-likeness (QED) is 0.701. The Morgan fingerprint density at radius 2 is 1.85 bits per heavy atom. The van der Waals surface area contributed by atoms with Gasteiger partial charge in [-0.2, -0.15) is 5.10 Å². The summed E-state index contributed by atoms with van der Waals surface area (Å²) in [6.07, 6.45) is 0.851. The molecule has 0 saturated carbocycles. The van der Waals surface area contributed by atoms with Gasteiger partial charge in [0.1, 0.15) is 0 Å². The lowest BCUT2D eigenvalue weighted by atomic mass is 10.1. The number of esters is 1. The van der Waals surface area contributed by atoms with Gasteiger partial charge in [-0.05, 0) is 30.2 Å². The van der Waals surface area contributed by atoms with Gasteiger partial charge in [-0.15, -0.1) is 0 Å². The fourth-order valence-corrected chi connectivity index (χ4v) is 2.72. The Kier molecular flexibility index (Phi) is 5.30. The van der Waals surface area contributed by atoms with Crippen molar-refractivity contribution in [2.24, 2.45) is 7.05 Å².